The molecule has 0 aromatic rings. The molecule has 0 radical (unpaired) electrons. The molecule has 0 unspecified atom stereocenters. The summed E-state index contributed by atoms with van der Waals surface area (Å²) in [5.41, 5.74) is 0. The fourth-order valence-corrected chi connectivity index (χ4v) is 1.06. The Kier molecular flexibility index (Phi) is 11.4. The summed E-state index contributed by atoms with van der Waals surface area (Å²) in [4.78, 5) is 0. The highest BCUT2D eigenvalue weighted by atomic mass is 16.8. The third-order valence-electron chi connectivity index (χ3n) is 1.74. The van der Waals surface area contributed by atoms with Crippen molar-refractivity contribution < 1.29 is 18.9 Å². The van der Waals surface area contributed by atoms with Crippen LogP contribution >= 0.6 is 0 Å². The van der Waals surface area contributed by atoms with E-state index in [2.05, 4.69) is 26.3 Å². The minimum atomic E-state index is -0.652. The van der Waals surface area contributed by atoms with E-state index in [1.807, 2.05) is 0 Å². The van der Waals surface area contributed by atoms with Gasteiger partial charge in [0.15, 0.2) is 0 Å². The predicted octanol–water partition coefficient (Wildman–Crippen LogP) is 2.45. The Morgan fingerprint density at radius 2 is 0.778 bits per heavy atom. The van der Waals surface area contributed by atoms with E-state index in [0.29, 0.717) is 26.4 Å². The van der Waals surface area contributed by atoms with E-state index < -0.39 is 12.6 Å². The van der Waals surface area contributed by atoms with E-state index in [1.165, 1.54) is 0 Å². The Morgan fingerprint density at radius 1 is 0.556 bits per heavy atom. The highest BCUT2D eigenvalue weighted by Crippen LogP contribution is 2.09. The summed E-state index contributed by atoms with van der Waals surface area (Å²) in [7, 11) is 0. The standard InChI is InChI=1S/C14H22O4/c1-5-9-15-13(16-10-6-2)14(17-11-7-3)18-12-8-4/h5-8,13-14H,1-4,9-12H2. The average molecular weight is 254 g/mol. The number of hydrogen-bond donors (Lipinski definition) is 0. The molecule has 0 aliphatic carbocycles. The summed E-state index contributed by atoms with van der Waals surface area (Å²) in [5, 5.41) is 0. The van der Waals surface area contributed by atoms with Gasteiger partial charge in [0.1, 0.15) is 0 Å². The zero-order valence-electron chi connectivity index (χ0n) is 10.8. The molecule has 0 bridgehead atoms. The molecule has 0 aromatic heterocycles. The van der Waals surface area contributed by atoms with Crippen LogP contribution in [0.15, 0.2) is 50.6 Å². The lowest BCUT2D eigenvalue weighted by molar-refractivity contribution is -0.274. The lowest BCUT2D eigenvalue weighted by Crippen LogP contribution is -2.37. The largest absolute Gasteiger partial charge is 0.344 e. The molecule has 4 nitrogen and oxygen atoms in total. The van der Waals surface area contributed by atoms with Crippen LogP contribution in [0, 0.1) is 0 Å². The second kappa shape index (κ2) is 12.3. The molecular formula is C14H22O4. The second-order valence-electron chi connectivity index (χ2n) is 3.22. The topological polar surface area (TPSA) is 36.9 Å². The van der Waals surface area contributed by atoms with Gasteiger partial charge in [0.25, 0.3) is 0 Å². The first-order valence-corrected chi connectivity index (χ1v) is 5.70. The third-order valence-corrected chi connectivity index (χ3v) is 1.74. The van der Waals surface area contributed by atoms with Crippen LogP contribution in [0.25, 0.3) is 0 Å². The summed E-state index contributed by atoms with van der Waals surface area (Å²) >= 11 is 0. The summed E-state index contributed by atoms with van der Waals surface area (Å²) in [5.74, 6) is 0. The molecule has 0 aliphatic rings. The van der Waals surface area contributed by atoms with Gasteiger partial charge in [-0.15, -0.1) is 26.3 Å². The molecular weight excluding hydrogens is 232 g/mol. The van der Waals surface area contributed by atoms with Gasteiger partial charge in [0.2, 0.25) is 12.6 Å². The number of ether oxygens (including phenoxy) is 4. The van der Waals surface area contributed by atoms with Crippen molar-refractivity contribution in [3.63, 3.8) is 0 Å². The molecule has 0 spiro atoms. The summed E-state index contributed by atoms with van der Waals surface area (Å²) in [6, 6.07) is 0. The lowest BCUT2D eigenvalue weighted by Gasteiger charge is -2.26. The Labute approximate surface area is 109 Å². The maximum atomic E-state index is 5.44. The Hall–Kier alpha value is -1.20. The minimum absolute atomic E-state index is 0.340. The van der Waals surface area contributed by atoms with Gasteiger partial charge in [-0.25, -0.2) is 0 Å². The van der Waals surface area contributed by atoms with Crippen LogP contribution in [-0.2, 0) is 18.9 Å². The molecule has 18 heavy (non-hydrogen) atoms. The fourth-order valence-electron chi connectivity index (χ4n) is 1.06. The van der Waals surface area contributed by atoms with Crippen LogP contribution in [0.5, 0.6) is 0 Å². The van der Waals surface area contributed by atoms with Gasteiger partial charge in [-0.2, -0.15) is 0 Å². The van der Waals surface area contributed by atoms with Gasteiger partial charge in [0.05, 0.1) is 26.4 Å². The first-order chi connectivity index (χ1) is 8.79. The van der Waals surface area contributed by atoms with E-state index in [1.54, 1.807) is 24.3 Å². The first kappa shape index (κ1) is 16.8. The van der Waals surface area contributed by atoms with Crippen LogP contribution in [0.4, 0.5) is 0 Å². The SMILES string of the molecule is C=CCOC(OCC=C)C(OCC=C)OCC=C. The lowest BCUT2D eigenvalue weighted by atomic mass is 10.5. The Balaban J connectivity index is 4.44. The molecule has 0 fully saturated rings. The number of hydrogen-bond acceptors (Lipinski definition) is 4. The smallest absolute Gasteiger partial charge is 0.210 e. The van der Waals surface area contributed by atoms with Crippen molar-refractivity contribution in [2.75, 3.05) is 26.4 Å². The van der Waals surface area contributed by atoms with Crippen molar-refractivity contribution in [3.8, 4) is 0 Å². The van der Waals surface area contributed by atoms with Gasteiger partial charge in [-0.05, 0) is 0 Å². The van der Waals surface area contributed by atoms with Gasteiger partial charge in [-0.3, -0.25) is 0 Å². The monoisotopic (exact) mass is 254 g/mol. The van der Waals surface area contributed by atoms with Crippen LogP contribution in [0.2, 0.25) is 0 Å². The minimum Gasteiger partial charge on any atom is -0.344 e. The summed E-state index contributed by atoms with van der Waals surface area (Å²) in [6.45, 7) is 15.7. The highest BCUT2D eigenvalue weighted by Gasteiger charge is 2.23. The normalized spacial score (nSPS) is 10.6. The Morgan fingerprint density at radius 3 is 0.944 bits per heavy atom. The van der Waals surface area contributed by atoms with Crippen LogP contribution < -0.4 is 0 Å². The fraction of sp³-hybridized carbons (Fsp3) is 0.429. The molecule has 0 atom stereocenters. The molecule has 0 saturated heterocycles. The second-order valence-corrected chi connectivity index (χ2v) is 3.22. The van der Waals surface area contributed by atoms with Gasteiger partial charge in [-0.1, -0.05) is 24.3 Å². The predicted molar refractivity (Wildman–Crippen MR) is 72.2 cm³/mol. The van der Waals surface area contributed by atoms with E-state index >= 15 is 0 Å². The molecule has 0 N–H and O–H groups in total. The zero-order chi connectivity index (χ0) is 13.6. The molecule has 0 aromatic carbocycles. The average Bonchev–Trinajstić information content (AvgIpc) is 2.40. The van der Waals surface area contributed by atoms with E-state index in [0.717, 1.165) is 0 Å². The zero-order valence-corrected chi connectivity index (χ0v) is 10.8. The maximum Gasteiger partial charge on any atom is 0.210 e. The van der Waals surface area contributed by atoms with Crippen molar-refractivity contribution >= 4 is 0 Å². The van der Waals surface area contributed by atoms with Crippen molar-refractivity contribution in [1.82, 2.24) is 0 Å². The molecule has 0 saturated carbocycles. The van der Waals surface area contributed by atoms with E-state index in [-0.39, 0.29) is 0 Å². The maximum absolute atomic E-state index is 5.44. The molecule has 0 aliphatic heterocycles. The van der Waals surface area contributed by atoms with E-state index in [4.69, 9.17) is 18.9 Å². The van der Waals surface area contributed by atoms with Crippen molar-refractivity contribution in [1.29, 1.82) is 0 Å². The molecule has 0 amide bonds. The first-order valence-electron chi connectivity index (χ1n) is 5.70. The van der Waals surface area contributed by atoms with Crippen molar-refractivity contribution in [3.05, 3.63) is 50.6 Å². The molecule has 0 heterocycles. The summed E-state index contributed by atoms with van der Waals surface area (Å²) in [6.07, 6.45) is 5.21. The van der Waals surface area contributed by atoms with E-state index in [9.17, 15) is 0 Å². The molecule has 4 heteroatoms. The highest BCUT2D eigenvalue weighted by molar-refractivity contribution is 4.71. The van der Waals surface area contributed by atoms with Crippen molar-refractivity contribution in [2.24, 2.45) is 0 Å². The Bertz CT molecular complexity index is 200. The van der Waals surface area contributed by atoms with Crippen LogP contribution in [0.3, 0.4) is 0 Å². The molecule has 102 valence electrons. The third kappa shape index (κ3) is 7.97. The van der Waals surface area contributed by atoms with Crippen molar-refractivity contribution in [2.45, 2.75) is 12.6 Å². The number of rotatable bonds is 13. The van der Waals surface area contributed by atoms with Gasteiger partial charge < -0.3 is 18.9 Å². The summed E-state index contributed by atoms with van der Waals surface area (Å²) < 4.78 is 21.8. The van der Waals surface area contributed by atoms with Crippen LogP contribution in [-0.4, -0.2) is 39.0 Å². The van der Waals surface area contributed by atoms with Gasteiger partial charge >= 0.3 is 0 Å². The van der Waals surface area contributed by atoms with Crippen LogP contribution in [0.1, 0.15) is 0 Å². The molecule has 0 rings (SSSR count). The quantitative estimate of drug-likeness (QED) is 0.374. The van der Waals surface area contributed by atoms with Gasteiger partial charge in [0, 0.05) is 0 Å².